The second-order valence-electron chi connectivity index (χ2n) is 11.8. The zero-order chi connectivity index (χ0) is 22.6. The predicted octanol–water partition coefficient (Wildman–Crippen LogP) is 7.83. The normalized spacial score (nSPS) is 17.3. The fourth-order valence-corrected chi connectivity index (χ4v) is 7.76. The number of aryl methyl sites for hydroxylation is 2. The number of pyridine rings is 1. The summed E-state index contributed by atoms with van der Waals surface area (Å²) in [5.41, 5.74) is 8.58. The first-order valence-corrected chi connectivity index (χ1v) is 15.4. The van der Waals surface area contributed by atoms with Crippen molar-refractivity contribution in [2.45, 2.75) is 84.0 Å². The van der Waals surface area contributed by atoms with E-state index in [4.69, 9.17) is 0 Å². The van der Waals surface area contributed by atoms with Gasteiger partial charge in [0.1, 0.15) is 7.05 Å². The molecule has 0 spiro atoms. The first kappa shape index (κ1) is 22.3. The average Bonchev–Trinajstić information content (AvgIpc) is 2.69. The molecule has 0 bridgehead atoms. The molecular formula is C29H40NSi+. The number of fused-ring (bicyclic) bond motifs is 1. The van der Waals surface area contributed by atoms with Gasteiger partial charge >= 0.3 is 0 Å². The van der Waals surface area contributed by atoms with Crippen LogP contribution in [0.4, 0.5) is 0 Å². The van der Waals surface area contributed by atoms with Crippen molar-refractivity contribution in [3.8, 4) is 11.3 Å². The van der Waals surface area contributed by atoms with E-state index < -0.39 is 8.07 Å². The summed E-state index contributed by atoms with van der Waals surface area (Å²) in [5.74, 6) is 0.746. The van der Waals surface area contributed by atoms with Crippen LogP contribution in [-0.4, -0.2) is 8.07 Å². The largest absolute Gasteiger partial charge is 0.220 e. The van der Waals surface area contributed by atoms with Gasteiger partial charge in [0.25, 0.3) is 0 Å². The zero-order valence-electron chi connectivity index (χ0n) is 20.9. The molecule has 3 aromatic rings. The molecule has 0 radical (unpaired) electrons. The molecule has 4 rings (SSSR count). The van der Waals surface area contributed by atoms with Crippen LogP contribution in [0.2, 0.25) is 25.2 Å². The Kier molecular flexibility index (Phi) is 5.66. The minimum Gasteiger partial charge on any atom is -0.200 e. The molecule has 0 unspecified atom stereocenters. The lowest BCUT2D eigenvalue weighted by molar-refractivity contribution is -0.659. The highest BCUT2D eigenvalue weighted by Crippen LogP contribution is 2.40. The molecule has 1 aromatic heterocycles. The van der Waals surface area contributed by atoms with Crippen LogP contribution in [0.3, 0.4) is 0 Å². The highest BCUT2D eigenvalue weighted by atomic mass is 28.3. The quantitative estimate of drug-likeness (QED) is 0.288. The summed E-state index contributed by atoms with van der Waals surface area (Å²) in [7, 11) is 1.27. The molecule has 164 valence electrons. The molecule has 2 heteroatoms. The number of hydrogen-bond donors (Lipinski definition) is 0. The van der Waals surface area contributed by atoms with Crippen LogP contribution in [0.25, 0.3) is 22.0 Å². The second kappa shape index (κ2) is 7.88. The summed E-state index contributed by atoms with van der Waals surface area (Å²) in [5, 5.41) is 2.75. The van der Waals surface area contributed by atoms with Crippen molar-refractivity contribution in [3.05, 3.63) is 64.8 Å². The molecule has 1 nitrogen and oxygen atoms in total. The number of hydrogen-bond acceptors (Lipinski definition) is 0. The Hall–Kier alpha value is -1.93. The van der Waals surface area contributed by atoms with E-state index in [9.17, 15) is 0 Å². The maximum absolute atomic E-state index is 2.56. The summed E-state index contributed by atoms with van der Waals surface area (Å²) < 4.78 is 2.31. The smallest absolute Gasteiger partial charge is 0.200 e. The average molecular weight is 431 g/mol. The van der Waals surface area contributed by atoms with Gasteiger partial charge in [-0.1, -0.05) is 64.2 Å². The third-order valence-electron chi connectivity index (χ3n) is 7.76. The third-order valence-corrected chi connectivity index (χ3v) is 11.0. The van der Waals surface area contributed by atoms with E-state index in [1.807, 2.05) is 0 Å². The summed E-state index contributed by atoms with van der Waals surface area (Å²) in [4.78, 5) is 0. The molecule has 0 amide bonds. The standard InChI is InChI=1S/C29H40NSi/c1-20-17-25(29(3,4)5)19-27(21(20)2)28-26-10-9-23(18-24(26)11-14-30(28)6)22-12-15-31(7,8)16-13-22/h9-11,14,17-19,22H,12-13,15-16H2,1-8H3/q+1. The van der Waals surface area contributed by atoms with E-state index in [0.29, 0.717) is 0 Å². The summed E-state index contributed by atoms with van der Waals surface area (Å²) in [6, 6.07) is 17.4. The van der Waals surface area contributed by atoms with E-state index in [2.05, 4.69) is 102 Å². The van der Waals surface area contributed by atoms with E-state index in [1.165, 1.54) is 63.7 Å². The third kappa shape index (κ3) is 4.37. The Balaban J connectivity index is 1.83. The van der Waals surface area contributed by atoms with Gasteiger partial charge in [0.2, 0.25) is 5.69 Å². The van der Waals surface area contributed by atoms with Gasteiger partial charge in [-0.3, -0.25) is 0 Å². The fourth-order valence-electron chi connectivity index (χ4n) is 5.25. The van der Waals surface area contributed by atoms with Crippen LogP contribution in [-0.2, 0) is 12.5 Å². The van der Waals surface area contributed by atoms with Crippen molar-refractivity contribution in [3.63, 3.8) is 0 Å². The van der Waals surface area contributed by atoms with Crippen molar-refractivity contribution in [1.29, 1.82) is 0 Å². The van der Waals surface area contributed by atoms with Crippen LogP contribution >= 0.6 is 0 Å². The lowest BCUT2D eigenvalue weighted by atomic mass is 9.82. The molecule has 0 saturated carbocycles. The molecule has 31 heavy (non-hydrogen) atoms. The molecule has 1 fully saturated rings. The van der Waals surface area contributed by atoms with E-state index in [-0.39, 0.29) is 5.41 Å². The van der Waals surface area contributed by atoms with Crippen LogP contribution in [0, 0.1) is 13.8 Å². The Morgan fingerprint density at radius 2 is 1.61 bits per heavy atom. The van der Waals surface area contributed by atoms with E-state index in [1.54, 1.807) is 5.56 Å². The van der Waals surface area contributed by atoms with Crippen molar-refractivity contribution >= 4 is 18.8 Å². The molecule has 0 atom stereocenters. The number of nitrogens with zero attached hydrogens (tertiary/aromatic N) is 1. The van der Waals surface area contributed by atoms with Gasteiger partial charge in [-0.25, -0.2) is 4.57 Å². The van der Waals surface area contributed by atoms with E-state index in [0.717, 1.165) is 5.92 Å². The Labute approximate surface area is 190 Å². The monoisotopic (exact) mass is 430 g/mol. The molecule has 2 heterocycles. The van der Waals surface area contributed by atoms with Gasteiger partial charge in [0.05, 0.1) is 10.9 Å². The van der Waals surface area contributed by atoms with Crippen molar-refractivity contribution in [1.82, 2.24) is 0 Å². The minimum absolute atomic E-state index is 0.140. The highest BCUT2D eigenvalue weighted by Gasteiger charge is 2.29. The number of rotatable bonds is 2. The lowest BCUT2D eigenvalue weighted by Crippen LogP contribution is -2.31. The van der Waals surface area contributed by atoms with Gasteiger partial charge < -0.3 is 0 Å². The van der Waals surface area contributed by atoms with Gasteiger partial charge in [-0.05, 0) is 77.8 Å². The van der Waals surface area contributed by atoms with Crippen molar-refractivity contribution in [2.24, 2.45) is 7.05 Å². The van der Waals surface area contributed by atoms with Crippen molar-refractivity contribution < 1.29 is 4.57 Å². The van der Waals surface area contributed by atoms with Crippen LogP contribution in [0.1, 0.15) is 61.8 Å². The van der Waals surface area contributed by atoms with Crippen LogP contribution in [0.15, 0.2) is 42.6 Å². The molecule has 1 aliphatic heterocycles. The molecule has 1 aliphatic rings. The first-order chi connectivity index (χ1) is 14.5. The van der Waals surface area contributed by atoms with Crippen molar-refractivity contribution in [2.75, 3.05) is 0 Å². The molecular weight excluding hydrogens is 390 g/mol. The zero-order valence-corrected chi connectivity index (χ0v) is 21.9. The Morgan fingerprint density at radius 1 is 0.935 bits per heavy atom. The summed E-state index contributed by atoms with van der Waals surface area (Å²) >= 11 is 0. The van der Waals surface area contributed by atoms with E-state index >= 15 is 0 Å². The van der Waals surface area contributed by atoms with Gasteiger partial charge in [-0.2, -0.15) is 0 Å². The fraction of sp³-hybridized carbons (Fsp3) is 0.483. The SMILES string of the molecule is Cc1cc(C(C)(C)C)cc(-c2c3ccc(C4CC[Si](C)(C)CC4)cc3cc[n+]2C)c1C. The summed E-state index contributed by atoms with van der Waals surface area (Å²) in [6.07, 6.45) is 5.01. The van der Waals surface area contributed by atoms with Gasteiger partial charge in [0.15, 0.2) is 6.20 Å². The predicted molar refractivity (Wildman–Crippen MR) is 138 cm³/mol. The lowest BCUT2D eigenvalue weighted by Gasteiger charge is -2.33. The maximum atomic E-state index is 2.56. The van der Waals surface area contributed by atoms with Gasteiger partial charge in [-0.15, -0.1) is 0 Å². The number of benzene rings is 2. The summed E-state index contributed by atoms with van der Waals surface area (Å²) in [6.45, 7) is 16.6. The Morgan fingerprint density at radius 3 is 2.26 bits per heavy atom. The van der Waals surface area contributed by atoms with Crippen LogP contribution < -0.4 is 4.57 Å². The molecule has 0 aliphatic carbocycles. The first-order valence-electron chi connectivity index (χ1n) is 12.0. The topological polar surface area (TPSA) is 3.88 Å². The molecule has 2 aromatic carbocycles. The molecule has 0 N–H and O–H groups in total. The Bertz CT molecular complexity index is 1120. The second-order valence-corrected chi connectivity index (χ2v) is 17.1. The number of aromatic nitrogens is 1. The van der Waals surface area contributed by atoms with Crippen LogP contribution in [0.5, 0.6) is 0 Å². The highest BCUT2D eigenvalue weighted by molar-refractivity contribution is 6.77. The maximum Gasteiger partial charge on any atom is 0.220 e. The van der Waals surface area contributed by atoms with Gasteiger partial charge in [0, 0.05) is 14.1 Å². The molecule has 1 saturated heterocycles. The minimum atomic E-state index is -0.915.